The molecule has 142 valence electrons. The molecule has 0 atom stereocenters. The van der Waals surface area contributed by atoms with Gasteiger partial charge in [0.25, 0.3) is 0 Å². The Hall–Kier alpha value is -2.35. The molecule has 6 N–H and O–H groups in total. The molecule has 0 aliphatic carbocycles. The van der Waals surface area contributed by atoms with E-state index in [0.717, 1.165) is 17.5 Å². The number of thioether (sulfide) groups is 1. The molecule has 0 amide bonds. The standard InChI is InChI=1S/C12H16F3N9S2/c13-12(14,15)6-20-11(17)22-7-1-2-18-8(21-7)5-25-4-3-19-10-9(16)23-26-24-10/h1-2H,3-6H2,(H2,16,23)(H,19,24)(H3,17,18,20,21,22). The van der Waals surface area contributed by atoms with Crippen molar-refractivity contribution in [3.8, 4) is 0 Å². The number of nitrogens with two attached hydrogens (primary N) is 2. The van der Waals surface area contributed by atoms with E-state index in [4.69, 9.17) is 11.5 Å². The van der Waals surface area contributed by atoms with Crippen LogP contribution in [0.3, 0.4) is 0 Å². The summed E-state index contributed by atoms with van der Waals surface area (Å²) in [4.78, 5) is 11.5. The van der Waals surface area contributed by atoms with Crippen molar-refractivity contribution in [1.29, 1.82) is 0 Å². The van der Waals surface area contributed by atoms with E-state index in [1.807, 2.05) is 0 Å². The molecule has 0 aliphatic rings. The van der Waals surface area contributed by atoms with Gasteiger partial charge in [-0.15, -0.1) is 0 Å². The van der Waals surface area contributed by atoms with E-state index >= 15 is 0 Å². The first-order valence-electron chi connectivity index (χ1n) is 7.19. The number of hydrogen-bond donors (Lipinski definition) is 4. The largest absolute Gasteiger partial charge is 0.408 e. The number of aromatic nitrogens is 4. The molecule has 0 unspecified atom stereocenters. The first-order chi connectivity index (χ1) is 12.3. The molecule has 0 aliphatic heterocycles. The van der Waals surface area contributed by atoms with Crippen molar-refractivity contribution in [2.75, 3.05) is 35.2 Å². The van der Waals surface area contributed by atoms with Crippen LogP contribution < -0.4 is 22.1 Å². The van der Waals surface area contributed by atoms with E-state index < -0.39 is 12.7 Å². The highest BCUT2D eigenvalue weighted by molar-refractivity contribution is 7.98. The van der Waals surface area contributed by atoms with Crippen LogP contribution in [0.4, 0.5) is 30.6 Å². The normalized spacial score (nSPS) is 12.2. The zero-order valence-electron chi connectivity index (χ0n) is 13.3. The number of nitrogen functional groups attached to an aromatic ring is 1. The van der Waals surface area contributed by atoms with Gasteiger partial charge in [-0.3, -0.25) is 0 Å². The third-order valence-electron chi connectivity index (χ3n) is 2.67. The third-order valence-corrected chi connectivity index (χ3v) is 4.17. The smallest absolute Gasteiger partial charge is 0.380 e. The van der Waals surface area contributed by atoms with Crippen LogP contribution in [0, 0.1) is 0 Å². The van der Waals surface area contributed by atoms with Gasteiger partial charge in [0.05, 0.1) is 17.5 Å². The average Bonchev–Trinajstić information content (AvgIpc) is 2.98. The van der Waals surface area contributed by atoms with Crippen LogP contribution in [0.15, 0.2) is 17.3 Å². The van der Waals surface area contributed by atoms with Crippen molar-refractivity contribution < 1.29 is 13.2 Å². The Morgan fingerprint density at radius 3 is 2.85 bits per heavy atom. The Morgan fingerprint density at radius 2 is 2.15 bits per heavy atom. The van der Waals surface area contributed by atoms with Crippen LogP contribution in [0.25, 0.3) is 0 Å². The van der Waals surface area contributed by atoms with Crippen molar-refractivity contribution in [2.24, 2.45) is 10.7 Å². The van der Waals surface area contributed by atoms with Gasteiger partial charge in [0.2, 0.25) is 0 Å². The maximum atomic E-state index is 12.1. The molecule has 0 aromatic carbocycles. The third kappa shape index (κ3) is 7.26. The molecule has 14 heteroatoms. The van der Waals surface area contributed by atoms with Crippen molar-refractivity contribution >= 4 is 46.9 Å². The maximum Gasteiger partial charge on any atom is 0.408 e. The lowest BCUT2D eigenvalue weighted by Crippen LogP contribution is -2.26. The van der Waals surface area contributed by atoms with Crippen molar-refractivity contribution in [3.05, 3.63) is 18.1 Å². The highest BCUT2D eigenvalue weighted by Crippen LogP contribution is 2.15. The van der Waals surface area contributed by atoms with Gasteiger partial charge < -0.3 is 22.1 Å². The molecule has 0 saturated heterocycles. The Morgan fingerprint density at radius 1 is 1.35 bits per heavy atom. The van der Waals surface area contributed by atoms with Crippen LogP contribution in [-0.2, 0) is 5.75 Å². The minimum atomic E-state index is -4.41. The summed E-state index contributed by atoms with van der Waals surface area (Å²) in [6.07, 6.45) is -2.92. The van der Waals surface area contributed by atoms with Gasteiger partial charge in [-0.1, -0.05) is 0 Å². The van der Waals surface area contributed by atoms with Crippen LogP contribution in [0.1, 0.15) is 5.82 Å². The summed E-state index contributed by atoms with van der Waals surface area (Å²) in [5.41, 5.74) is 11.0. The van der Waals surface area contributed by atoms with E-state index in [-0.39, 0.29) is 11.8 Å². The second kappa shape index (κ2) is 9.38. The van der Waals surface area contributed by atoms with E-state index in [0.29, 0.717) is 29.8 Å². The molecular weight excluding hydrogens is 391 g/mol. The first-order valence-corrected chi connectivity index (χ1v) is 9.07. The highest BCUT2D eigenvalue weighted by atomic mass is 32.2. The Balaban J connectivity index is 1.75. The number of rotatable bonds is 8. The lowest BCUT2D eigenvalue weighted by molar-refractivity contribution is -0.118. The number of guanidine groups is 1. The second-order valence-electron chi connectivity index (χ2n) is 4.78. The molecule has 26 heavy (non-hydrogen) atoms. The van der Waals surface area contributed by atoms with Crippen molar-refractivity contribution in [2.45, 2.75) is 11.9 Å². The summed E-state index contributed by atoms with van der Waals surface area (Å²) >= 11 is 2.60. The predicted molar refractivity (Wildman–Crippen MR) is 97.2 cm³/mol. The molecule has 0 radical (unpaired) electrons. The minimum Gasteiger partial charge on any atom is -0.380 e. The maximum absolute atomic E-state index is 12.1. The summed E-state index contributed by atoms with van der Waals surface area (Å²) in [6, 6.07) is 1.49. The van der Waals surface area contributed by atoms with Crippen LogP contribution in [0.2, 0.25) is 0 Å². The van der Waals surface area contributed by atoms with Gasteiger partial charge in [0, 0.05) is 18.5 Å². The predicted octanol–water partition coefficient (Wildman–Crippen LogP) is 1.54. The monoisotopic (exact) mass is 407 g/mol. The SMILES string of the molecule is N/C(=N/CC(F)(F)F)Nc1ccnc(CSCCNc2nsnc2N)n1. The van der Waals surface area contributed by atoms with Crippen LogP contribution >= 0.6 is 23.5 Å². The van der Waals surface area contributed by atoms with Gasteiger partial charge in [0.15, 0.2) is 17.6 Å². The molecule has 9 nitrogen and oxygen atoms in total. The Kier molecular flexibility index (Phi) is 7.20. The fourth-order valence-corrected chi connectivity index (χ4v) is 2.77. The zero-order chi connectivity index (χ0) is 19.0. The van der Waals surface area contributed by atoms with E-state index in [1.165, 1.54) is 12.3 Å². The van der Waals surface area contributed by atoms with Gasteiger partial charge >= 0.3 is 6.18 Å². The number of alkyl halides is 3. The lowest BCUT2D eigenvalue weighted by atomic mass is 10.5. The molecule has 0 bridgehead atoms. The number of halogens is 3. The van der Waals surface area contributed by atoms with E-state index in [2.05, 4.69) is 34.3 Å². The first kappa shape index (κ1) is 20.0. The Labute approximate surface area is 155 Å². The second-order valence-corrected chi connectivity index (χ2v) is 6.41. The lowest BCUT2D eigenvalue weighted by Gasteiger charge is -2.07. The molecule has 2 heterocycles. The number of nitrogens with zero attached hydrogens (tertiary/aromatic N) is 5. The molecular formula is C12H16F3N9S2. The highest BCUT2D eigenvalue weighted by Gasteiger charge is 2.26. The van der Waals surface area contributed by atoms with Crippen molar-refractivity contribution in [3.63, 3.8) is 0 Å². The topological polar surface area (TPSA) is 140 Å². The van der Waals surface area contributed by atoms with Gasteiger partial charge in [-0.25, -0.2) is 15.0 Å². The molecule has 2 aromatic rings. The number of anilines is 3. The summed E-state index contributed by atoms with van der Waals surface area (Å²) in [6.45, 7) is -0.721. The molecule has 2 aromatic heterocycles. The van der Waals surface area contributed by atoms with Gasteiger partial charge in [-0.05, 0) is 6.07 Å². The zero-order valence-corrected chi connectivity index (χ0v) is 15.0. The summed E-state index contributed by atoms with van der Waals surface area (Å²) in [7, 11) is 0. The van der Waals surface area contributed by atoms with Crippen molar-refractivity contribution in [1.82, 2.24) is 18.7 Å². The van der Waals surface area contributed by atoms with Gasteiger partial charge in [0.1, 0.15) is 18.2 Å². The fourth-order valence-electron chi connectivity index (χ4n) is 1.61. The summed E-state index contributed by atoms with van der Waals surface area (Å²) < 4.78 is 44.1. The molecule has 0 fully saturated rings. The summed E-state index contributed by atoms with van der Waals surface area (Å²) in [5.74, 6) is 2.61. The average molecular weight is 407 g/mol. The van der Waals surface area contributed by atoms with E-state index in [1.54, 1.807) is 11.8 Å². The number of aliphatic imine (C=N–C) groups is 1. The summed E-state index contributed by atoms with van der Waals surface area (Å²) in [5, 5.41) is 5.56. The molecule has 0 spiro atoms. The van der Waals surface area contributed by atoms with Gasteiger partial charge in [-0.2, -0.15) is 33.7 Å². The van der Waals surface area contributed by atoms with Crippen LogP contribution in [-0.4, -0.2) is 49.7 Å². The Bertz CT molecular complexity index is 735. The number of nitrogens with one attached hydrogen (secondary N) is 2. The number of hydrogen-bond acceptors (Lipinski definition) is 9. The quantitative estimate of drug-likeness (QED) is 0.291. The molecule has 2 rings (SSSR count). The fraction of sp³-hybridized carbons (Fsp3) is 0.417. The van der Waals surface area contributed by atoms with E-state index in [9.17, 15) is 13.2 Å². The molecule has 0 saturated carbocycles. The van der Waals surface area contributed by atoms with Crippen LogP contribution in [0.5, 0.6) is 0 Å². The minimum absolute atomic E-state index is 0.276.